The molecule has 176 valence electrons. The maximum absolute atomic E-state index is 12.3. The molecule has 31 heavy (non-hydrogen) atoms. The van der Waals surface area contributed by atoms with Gasteiger partial charge in [0.15, 0.2) is 0 Å². The van der Waals surface area contributed by atoms with E-state index in [2.05, 4.69) is 6.92 Å². The van der Waals surface area contributed by atoms with Gasteiger partial charge in [0.2, 0.25) is 0 Å². The minimum Gasteiger partial charge on any atom is -0.478 e. The molecule has 0 bridgehead atoms. The van der Waals surface area contributed by atoms with Crippen LogP contribution in [0.4, 0.5) is 0 Å². The van der Waals surface area contributed by atoms with Crippen LogP contribution < -0.4 is 0 Å². The standard InChI is InChI=1S/C25H40O6/c1-6-7-8-22(30)31-20-11-12-24(4)18(10-9-16(2)13-21(28)29)17(3)14-19(27)23(24)25(20,5)15-26/h13,19-20,23,26-27H,6-12,14-15H2,1-5H3,(H,28,29)/b16-13+/t19?,20-,23?,24-,25+/m1/s1. The first-order valence-electron chi connectivity index (χ1n) is 11.6. The van der Waals surface area contributed by atoms with Crippen LogP contribution in [0.2, 0.25) is 0 Å². The van der Waals surface area contributed by atoms with Gasteiger partial charge >= 0.3 is 11.9 Å². The van der Waals surface area contributed by atoms with Crippen molar-refractivity contribution >= 4 is 11.9 Å². The summed E-state index contributed by atoms with van der Waals surface area (Å²) in [6.07, 6.45) is 5.54. The van der Waals surface area contributed by atoms with Gasteiger partial charge in [-0.25, -0.2) is 4.79 Å². The Morgan fingerprint density at radius 1 is 1.26 bits per heavy atom. The second-order valence-corrected chi connectivity index (χ2v) is 10.0. The molecule has 0 spiro atoms. The van der Waals surface area contributed by atoms with Crippen molar-refractivity contribution in [2.45, 2.75) is 98.2 Å². The van der Waals surface area contributed by atoms with Crippen molar-refractivity contribution in [1.82, 2.24) is 0 Å². The smallest absolute Gasteiger partial charge is 0.328 e. The van der Waals surface area contributed by atoms with E-state index in [1.807, 2.05) is 27.7 Å². The monoisotopic (exact) mass is 436 g/mol. The van der Waals surface area contributed by atoms with Crippen LogP contribution in [0.15, 0.2) is 22.8 Å². The zero-order chi connectivity index (χ0) is 23.4. The normalized spacial score (nSPS) is 33.8. The summed E-state index contributed by atoms with van der Waals surface area (Å²) >= 11 is 0. The largest absolute Gasteiger partial charge is 0.478 e. The van der Waals surface area contributed by atoms with Crippen molar-refractivity contribution in [2.75, 3.05) is 6.61 Å². The minimum atomic E-state index is -0.940. The molecule has 0 aromatic heterocycles. The Balaban J connectivity index is 2.32. The van der Waals surface area contributed by atoms with Crippen LogP contribution in [-0.4, -0.2) is 46.1 Å². The summed E-state index contributed by atoms with van der Waals surface area (Å²) in [5.41, 5.74) is 2.12. The van der Waals surface area contributed by atoms with E-state index in [1.165, 1.54) is 11.6 Å². The van der Waals surface area contributed by atoms with Gasteiger partial charge in [0.25, 0.3) is 0 Å². The summed E-state index contributed by atoms with van der Waals surface area (Å²) in [5, 5.41) is 30.6. The molecule has 2 aliphatic rings. The predicted molar refractivity (Wildman–Crippen MR) is 119 cm³/mol. The van der Waals surface area contributed by atoms with Crippen molar-refractivity contribution in [3.05, 3.63) is 22.8 Å². The maximum atomic E-state index is 12.3. The van der Waals surface area contributed by atoms with Gasteiger partial charge < -0.3 is 20.1 Å². The third-order valence-electron chi connectivity index (χ3n) is 7.65. The zero-order valence-electron chi connectivity index (χ0n) is 19.7. The number of aliphatic carboxylic acids is 1. The number of allylic oxidation sites excluding steroid dienone is 2. The van der Waals surface area contributed by atoms with Crippen LogP contribution >= 0.6 is 0 Å². The number of carbonyl (C=O) groups is 2. The van der Waals surface area contributed by atoms with Crippen molar-refractivity contribution in [3.8, 4) is 0 Å². The molecular weight excluding hydrogens is 396 g/mol. The van der Waals surface area contributed by atoms with Crippen LogP contribution in [0.25, 0.3) is 0 Å². The second kappa shape index (κ2) is 10.3. The number of fused-ring (bicyclic) bond motifs is 1. The average molecular weight is 437 g/mol. The van der Waals surface area contributed by atoms with E-state index in [4.69, 9.17) is 9.84 Å². The summed E-state index contributed by atoms with van der Waals surface area (Å²) in [7, 11) is 0. The molecule has 0 aromatic carbocycles. The number of carboxylic acids is 1. The molecule has 6 heteroatoms. The molecule has 0 aromatic rings. The Hall–Kier alpha value is -1.66. The molecule has 0 saturated heterocycles. The van der Waals surface area contributed by atoms with Crippen LogP contribution in [0.1, 0.15) is 86.0 Å². The Kier molecular flexibility index (Phi) is 8.51. The molecule has 2 aliphatic carbocycles. The number of hydrogen-bond donors (Lipinski definition) is 3. The number of unbranched alkanes of at least 4 members (excludes halogenated alkanes) is 1. The predicted octanol–water partition coefficient (Wildman–Crippen LogP) is 4.40. The summed E-state index contributed by atoms with van der Waals surface area (Å²) in [4.78, 5) is 23.3. The van der Waals surface area contributed by atoms with Crippen molar-refractivity contribution in [1.29, 1.82) is 0 Å². The molecule has 0 aliphatic heterocycles. The van der Waals surface area contributed by atoms with Gasteiger partial charge in [0, 0.05) is 23.8 Å². The number of aliphatic hydroxyl groups is 2. The van der Waals surface area contributed by atoms with Gasteiger partial charge in [0.1, 0.15) is 6.10 Å². The molecule has 5 atom stereocenters. The molecule has 0 radical (unpaired) electrons. The number of esters is 1. The first-order chi connectivity index (χ1) is 14.5. The summed E-state index contributed by atoms with van der Waals surface area (Å²) in [6, 6.07) is 0. The lowest BCUT2D eigenvalue weighted by molar-refractivity contribution is -0.190. The Morgan fingerprint density at radius 3 is 2.52 bits per heavy atom. The van der Waals surface area contributed by atoms with Gasteiger partial charge in [0.05, 0.1) is 12.7 Å². The Labute approximate surface area is 186 Å². The lowest BCUT2D eigenvalue weighted by Gasteiger charge is -2.59. The SMILES string of the molecule is CCCCC(=O)O[C@@H]1CC[C@]2(C)C(CC/C(C)=C/C(=O)O)=C(C)CC(O)C2[C@@]1(C)CO. The molecule has 0 heterocycles. The molecule has 1 saturated carbocycles. The molecule has 6 nitrogen and oxygen atoms in total. The highest BCUT2D eigenvalue weighted by molar-refractivity contribution is 5.80. The third-order valence-corrected chi connectivity index (χ3v) is 7.65. The van der Waals surface area contributed by atoms with Crippen LogP contribution in [-0.2, 0) is 14.3 Å². The molecule has 3 N–H and O–H groups in total. The number of hydrogen-bond acceptors (Lipinski definition) is 5. The zero-order valence-corrected chi connectivity index (χ0v) is 19.7. The number of carboxylic acid groups (broad SMARTS) is 1. The molecule has 2 rings (SSSR count). The van der Waals surface area contributed by atoms with Gasteiger partial charge in [-0.2, -0.15) is 0 Å². The van der Waals surface area contributed by atoms with E-state index < -0.39 is 23.6 Å². The second-order valence-electron chi connectivity index (χ2n) is 10.0. The first-order valence-corrected chi connectivity index (χ1v) is 11.6. The average Bonchev–Trinajstić information content (AvgIpc) is 2.67. The van der Waals surface area contributed by atoms with Gasteiger partial charge in [-0.1, -0.05) is 43.9 Å². The Morgan fingerprint density at radius 2 is 1.94 bits per heavy atom. The van der Waals surface area contributed by atoms with E-state index in [9.17, 15) is 19.8 Å². The minimum absolute atomic E-state index is 0.166. The third kappa shape index (κ3) is 5.40. The molecule has 0 amide bonds. The summed E-state index contributed by atoms with van der Waals surface area (Å²) < 4.78 is 5.85. The van der Waals surface area contributed by atoms with Gasteiger partial charge in [-0.3, -0.25) is 4.79 Å². The van der Waals surface area contributed by atoms with Gasteiger partial charge in [-0.05, 0) is 57.8 Å². The highest BCUT2D eigenvalue weighted by Gasteiger charge is 2.60. The van der Waals surface area contributed by atoms with E-state index in [-0.39, 0.29) is 23.9 Å². The fraction of sp³-hybridized carbons (Fsp3) is 0.760. The van der Waals surface area contributed by atoms with Crippen molar-refractivity contribution < 1.29 is 29.6 Å². The lowest BCUT2D eigenvalue weighted by atomic mass is 9.47. The fourth-order valence-electron chi connectivity index (χ4n) is 6.13. The summed E-state index contributed by atoms with van der Waals surface area (Å²) in [6.45, 7) is 9.82. The van der Waals surface area contributed by atoms with E-state index in [1.54, 1.807) is 0 Å². The number of rotatable bonds is 9. The first kappa shape index (κ1) is 25.6. The quantitative estimate of drug-likeness (QED) is 0.281. The van der Waals surface area contributed by atoms with Crippen LogP contribution in [0.3, 0.4) is 0 Å². The molecule has 2 unspecified atom stereocenters. The number of carbonyl (C=O) groups excluding carboxylic acids is 1. The van der Waals surface area contributed by atoms with Crippen molar-refractivity contribution in [3.63, 3.8) is 0 Å². The summed E-state index contributed by atoms with van der Waals surface area (Å²) in [5.74, 6) is -1.42. The van der Waals surface area contributed by atoms with Crippen LogP contribution in [0, 0.1) is 16.7 Å². The molecule has 1 fully saturated rings. The van der Waals surface area contributed by atoms with E-state index in [0.717, 1.165) is 36.8 Å². The molecular formula is C25H40O6. The lowest BCUT2D eigenvalue weighted by Crippen LogP contribution is -2.60. The van der Waals surface area contributed by atoms with E-state index >= 15 is 0 Å². The van der Waals surface area contributed by atoms with Crippen LogP contribution in [0.5, 0.6) is 0 Å². The Bertz CT molecular complexity index is 738. The number of aliphatic hydroxyl groups excluding tert-OH is 2. The van der Waals surface area contributed by atoms with Gasteiger partial charge in [-0.15, -0.1) is 0 Å². The maximum Gasteiger partial charge on any atom is 0.328 e. The number of ether oxygens (including phenoxy) is 1. The highest BCUT2D eigenvalue weighted by atomic mass is 16.5. The highest BCUT2D eigenvalue weighted by Crippen LogP contribution is 2.61. The topological polar surface area (TPSA) is 104 Å². The fourth-order valence-corrected chi connectivity index (χ4v) is 6.13. The van der Waals surface area contributed by atoms with E-state index in [0.29, 0.717) is 25.7 Å². The van der Waals surface area contributed by atoms with Crippen molar-refractivity contribution in [2.24, 2.45) is 16.7 Å².